The average Bonchev–Trinajstić information content (AvgIpc) is 3.05. The summed E-state index contributed by atoms with van der Waals surface area (Å²) in [6, 6.07) is 9.92. The Labute approximate surface area is 127 Å². The average molecular weight is 304 g/mol. The highest BCUT2D eigenvalue weighted by molar-refractivity contribution is 7.80. The normalized spacial score (nSPS) is 17.2. The summed E-state index contributed by atoms with van der Waals surface area (Å²) in [6.45, 7) is 0. The Kier molecular flexibility index (Phi) is 3.48. The molecule has 0 bridgehead atoms. The molecular weight excluding hydrogens is 288 g/mol. The second-order valence-corrected chi connectivity index (χ2v) is 6.78. The van der Waals surface area contributed by atoms with Crippen molar-refractivity contribution in [1.29, 1.82) is 0 Å². The molecule has 104 valence electrons. The van der Waals surface area contributed by atoms with Crippen LogP contribution in [0.5, 0.6) is 0 Å². The molecule has 1 aromatic heterocycles. The lowest BCUT2D eigenvalue weighted by atomic mass is 9.97. The van der Waals surface area contributed by atoms with Gasteiger partial charge in [-0.2, -0.15) is 0 Å². The monoisotopic (exact) mass is 304 g/mol. The Morgan fingerprint density at radius 3 is 2.65 bits per heavy atom. The molecule has 0 spiro atoms. The van der Waals surface area contributed by atoms with Crippen LogP contribution < -0.4 is 11.1 Å². The molecule has 1 aliphatic rings. The molecule has 1 heterocycles. The van der Waals surface area contributed by atoms with E-state index < -0.39 is 5.54 Å². The van der Waals surface area contributed by atoms with Gasteiger partial charge in [0.15, 0.2) is 0 Å². The Hall–Kier alpha value is -1.46. The summed E-state index contributed by atoms with van der Waals surface area (Å²) in [7, 11) is 0. The van der Waals surface area contributed by atoms with E-state index in [0.29, 0.717) is 9.87 Å². The van der Waals surface area contributed by atoms with Crippen molar-refractivity contribution in [1.82, 2.24) is 5.32 Å². The SMILES string of the molecule is NC(=S)C1(NC(=O)c2cc3ccccc3s2)CCCC1. The minimum absolute atomic E-state index is 0.0686. The van der Waals surface area contributed by atoms with E-state index in [1.54, 1.807) is 0 Å². The van der Waals surface area contributed by atoms with Gasteiger partial charge in [0.05, 0.1) is 15.4 Å². The zero-order chi connectivity index (χ0) is 14.2. The number of benzene rings is 1. The molecule has 0 atom stereocenters. The predicted octanol–water partition coefficient (Wildman–Crippen LogP) is 3.23. The highest BCUT2D eigenvalue weighted by Crippen LogP contribution is 2.31. The number of hydrogen-bond donors (Lipinski definition) is 2. The first-order chi connectivity index (χ1) is 9.61. The van der Waals surface area contributed by atoms with Gasteiger partial charge >= 0.3 is 0 Å². The largest absolute Gasteiger partial charge is 0.391 e. The molecule has 20 heavy (non-hydrogen) atoms. The molecular formula is C15H16N2OS2. The fourth-order valence-electron chi connectivity index (χ4n) is 2.78. The highest BCUT2D eigenvalue weighted by atomic mass is 32.1. The molecule has 1 saturated carbocycles. The quantitative estimate of drug-likeness (QED) is 0.856. The van der Waals surface area contributed by atoms with Gasteiger partial charge in [0.2, 0.25) is 0 Å². The third kappa shape index (κ3) is 2.31. The van der Waals surface area contributed by atoms with Crippen molar-refractivity contribution in [2.45, 2.75) is 31.2 Å². The molecule has 2 aromatic rings. The van der Waals surface area contributed by atoms with Crippen LogP contribution in [-0.4, -0.2) is 16.4 Å². The number of fused-ring (bicyclic) bond motifs is 1. The fraction of sp³-hybridized carbons (Fsp3) is 0.333. The third-order valence-corrected chi connectivity index (χ3v) is 5.44. The maximum absolute atomic E-state index is 12.5. The first-order valence-electron chi connectivity index (χ1n) is 6.72. The van der Waals surface area contributed by atoms with E-state index in [1.807, 2.05) is 30.3 Å². The number of thiocarbonyl (C=S) groups is 1. The van der Waals surface area contributed by atoms with Crippen molar-refractivity contribution in [2.24, 2.45) is 5.73 Å². The molecule has 3 rings (SSSR count). The minimum atomic E-state index is -0.484. The van der Waals surface area contributed by atoms with Crippen LogP contribution in [0.2, 0.25) is 0 Å². The van der Waals surface area contributed by atoms with Crippen molar-refractivity contribution in [3.63, 3.8) is 0 Å². The van der Waals surface area contributed by atoms with E-state index in [0.717, 1.165) is 35.8 Å². The summed E-state index contributed by atoms with van der Waals surface area (Å²) in [6.07, 6.45) is 3.81. The van der Waals surface area contributed by atoms with Gasteiger partial charge in [-0.1, -0.05) is 43.3 Å². The predicted molar refractivity (Wildman–Crippen MR) is 87.3 cm³/mol. The van der Waals surface area contributed by atoms with Crippen LogP contribution in [0.15, 0.2) is 30.3 Å². The summed E-state index contributed by atoms with van der Waals surface area (Å²) in [5.74, 6) is -0.0686. The zero-order valence-corrected chi connectivity index (χ0v) is 12.7. The third-order valence-electron chi connectivity index (χ3n) is 3.93. The molecule has 1 aliphatic carbocycles. The number of amides is 1. The molecule has 1 fully saturated rings. The summed E-state index contributed by atoms with van der Waals surface area (Å²) in [4.78, 5) is 13.6. The maximum atomic E-state index is 12.5. The lowest BCUT2D eigenvalue weighted by Crippen LogP contribution is -2.54. The fourth-order valence-corrected chi connectivity index (χ4v) is 4.00. The van der Waals surface area contributed by atoms with Gasteiger partial charge in [0, 0.05) is 4.70 Å². The summed E-state index contributed by atoms with van der Waals surface area (Å²) in [5, 5.41) is 4.17. The van der Waals surface area contributed by atoms with Crippen LogP contribution in [0.1, 0.15) is 35.4 Å². The molecule has 0 aliphatic heterocycles. The van der Waals surface area contributed by atoms with Crippen LogP contribution in [0.25, 0.3) is 10.1 Å². The Morgan fingerprint density at radius 2 is 2.00 bits per heavy atom. The number of nitrogens with two attached hydrogens (primary N) is 1. The zero-order valence-electron chi connectivity index (χ0n) is 11.0. The molecule has 5 heteroatoms. The van der Waals surface area contributed by atoms with Crippen LogP contribution in [0.3, 0.4) is 0 Å². The van der Waals surface area contributed by atoms with Crippen molar-refractivity contribution >= 4 is 44.5 Å². The topological polar surface area (TPSA) is 55.1 Å². The van der Waals surface area contributed by atoms with Gasteiger partial charge in [-0.15, -0.1) is 11.3 Å². The molecule has 1 aromatic carbocycles. The van der Waals surface area contributed by atoms with Gasteiger partial charge in [-0.3, -0.25) is 4.79 Å². The van der Waals surface area contributed by atoms with Gasteiger partial charge in [0.1, 0.15) is 0 Å². The van der Waals surface area contributed by atoms with E-state index in [4.69, 9.17) is 18.0 Å². The Balaban J connectivity index is 1.87. The number of hydrogen-bond acceptors (Lipinski definition) is 3. The van der Waals surface area contributed by atoms with Crippen LogP contribution in [-0.2, 0) is 0 Å². The number of carbonyl (C=O) groups is 1. The maximum Gasteiger partial charge on any atom is 0.262 e. The Bertz CT molecular complexity index is 638. The number of thiophene rings is 1. The van der Waals surface area contributed by atoms with Crippen molar-refractivity contribution in [3.8, 4) is 0 Å². The smallest absolute Gasteiger partial charge is 0.262 e. The van der Waals surface area contributed by atoms with Crippen molar-refractivity contribution in [2.75, 3.05) is 0 Å². The van der Waals surface area contributed by atoms with Crippen LogP contribution in [0, 0.1) is 0 Å². The standard InChI is InChI=1S/C15H16N2OS2/c16-14(19)15(7-3-4-8-15)17-13(18)12-9-10-5-1-2-6-11(10)20-12/h1-2,5-6,9H,3-4,7-8H2,(H2,16,19)(H,17,18). The summed E-state index contributed by atoms with van der Waals surface area (Å²) < 4.78 is 1.12. The first kappa shape index (κ1) is 13.5. The molecule has 0 radical (unpaired) electrons. The van der Waals surface area contributed by atoms with E-state index in [2.05, 4.69) is 5.32 Å². The van der Waals surface area contributed by atoms with Gasteiger partial charge < -0.3 is 11.1 Å². The number of rotatable bonds is 3. The van der Waals surface area contributed by atoms with E-state index >= 15 is 0 Å². The lowest BCUT2D eigenvalue weighted by molar-refractivity contribution is 0.0928. The lowest BCUT2D eigenvalue weighted by Gasteiger charge is -2.28. The van der Waals surface area contributed by atoms with E-state index in [-0.39, 0.29) is 5.91 Å². The van der Waals surface area contributed by atoms with Crippen LogP contribution >= 0.6 is 23.6 Å². The highest BCUT2D eigenvalue weighted by Gasteiger charge is 2.38. The van der Waals surface area contributed by atoms with Gasteiger partial charge in [-0.05, 0) is 30.4 Å². The molecule has 1 amide bonds. The number of carbonyl (C=O) groups excluding carboxylic acids is 1. The number of nitrogens with one attached hydrogen (secondary N) is 1. The molecule has 0 unspecified atom stereocenters. The van der Waals surface area contributed by atoms with Crippen molar-refractivity contribution < 1.29 is 4.79 Å². The first-order valence-corrected chi connectivity index (χ1v) is 7.94. The van der Waals surface area contributed by atoms with E-state index in [1.165, 1.54) is 11.3 Å². The van der Waals surface area contributed by atoms with Gasteiger partial charge in [0.25, 0.3) is 5.91 Å². The minimum Gasteiger partial charge on any atom is -0.391 e. The molecule has 3 N–H and O–H groups in total. The van der Waals surface area contributed by atoms with Crippen LogP contribution in [0.4, 0.5) is 0 Å². The second kappa shape index (κ2) is 5.14. The van der Waals surface area contributed by atoms with E-state index in [9.17, 15) is 4.79 Å². The van der Waals surface area contributed by atoms with Gasteiger partial charge in [-0.25, -0.2) is 0 Å². The summed E-state index contributed by atoms with van der Waals surface area (Å²) in [5.41, 5.74) is 5.37. The molecule has 0 saturated heterocycles. The molecule has 3 nitrogen and oxygen atoms in total. The van der Waals surface area contributed by atoms with Crippen molar-refractivity contribution in [3.05, 3.63) is 35.2 Å². The second-order valence-electron chi connectivity index (χ2n) is 5.26. The summed E-state index contributed by atoms with van der Waals surface area (Å²) >= 11 is 6.67. The Morgan fingerprint density at radius 1 is 1.30 bits per heavy atom.